The topological polar surface area (TPSA) is 76.6 Å². The molecule has 0 aliphatic carbocycles. The van der Waals surface area contributed by atoms with E-state index in [0.717, 1.165) is 5.56 Å². The number of aryl methyl sites for hydroxylation is 1. The maximum Gasteiger partial charge on any atom is 0.429 e. The van der Waals surface area contributed by atoms with E-state index in [-0.39, 0.29) is 10.6 Å². The van der Waals surface area contributed by atoms with Gasteiger partial charge in [0.25, 0.3) is 10.0 Å². The summed E-state index contributed by atoms with van der Waals surface area (Å²) in [5.41, 5.74) is 0.193. The van der Waals surface area contributed by atoms with Crippen molar-refractivity contribution in [3.8, 4) is 0 Å². The van der Waals surface area contributed by atoms with Crippen molar-refractivity contribution in [3.63, 3.8) is 0 Å². The second-order valence-corrected chi connectivity index (χ2v) is 9.23. The van der Waals surface area contributed by atoms with E-state index in [2.05, 4.69) is 4.98 Å². The molecule has 3 aromatic rings. The molecule has 28 heavy (non-hydrogen) atoms. The van der Waals surface area contributed by atoms with Gasteiger partial charge in [0.2, 0.25) is 0 Å². The minimum Gasteiger partial charge on any atom is -0.443 e. The molecule has 0 N–H and O–H groups in total. The Balaban J connectivity index is 2.23. The van der Waals surface area contributed by atoms with Crippen molar-refractivity contribution in [1.29, 1.82) is 0 Å². The molecule has 0 aliphatic heterocycles. The Hall–Kier alpha value is -2.93. The molecule has 0 unspecified atom stereocenters. The van der Waals surface area contributed by atoms with Crippen LogP contribution >= 0.6 is 0 Å². The molecule has 0 saturated heterocycles. The van der Waals surface area contributed by atoms with Gasteiger partial charge in [0.05, 0.1) is 16.8 Å². The van der Waals surface area contributed by atoms with Crippen molar-refractivity contribution >= 4 is 32.6 Å². The summed E-state index contributed by atoms with van der Waals surface area (Å²) in [5.74, 6) is 0. The van der Waals surface area contributed by atoms with Gasteiger partial charge < -0.3 is 4.74 Å². The number of benzene rings is 2. The van der Waals surface area contributed by atoms with Crippen LogP contribution in [0.5, 0.6) is 0 Å². The first-order valence-corrected chi connectivity index (χ1v) is 10.2. The van der Waals surface area contributed by atoms with Crippen LogP contribution in [0, 0.1) is 6.92 Å². The van der Waals surface area contributed by atoms with E-state index in [0.29, 0.717) is 15.1 Å². The zero-order valence-electron chi connectivity index (χ0n) is 16.2. The van der Waals surface area contributed by atoms with Gasteiger partial charge in [-0.2, -0.15) is 4.31 Å². The lowest BCUT2D eigenvalue weighted by atomic mass is 10.1. The highest BCUT2D eigenvalue weighted by molar-refractivity contribution is 7.93. The molecule has 0 aliphatic rings. The Morgan fingerprint density at radius 3 is 2.29 bits per heavy atom. The molecule has 0 radical (unpaired) electrons. The molecule has 0 atom stereocenters. The molecule has 7 heteroatoms. The third-order valence-corrected chi connectivity index (χ3v) is 5.68. The molecular weight excluding hydrogens is 376 g/mol. The third-order valence-electron chi connectivity index (χ3n) is 3.98. The van der Waals surface area contributed by atoms with Crippen LogP contribution in [-0.2, 0) is 14.8 Å². The summed E-state index contributed by atoms with van der Waals surface area (Å²) in [7, 11) is -4.22. The Kier molecular flexibility index (Phi) is 5.12. The normalized spacial score (nSPS) is 12.0. The van der Waals surface area contributed by atoms with Crippen LogP contribution in [0.15, 0.2) is 65.8 Å². The Morgan fingerprint density at radius 1 is 1.00 bits per heavy atom. The van der Waals surface area contributed by atoms with Crippen LogP contribution in [0.1, 0.15) is 26.3 Å². The first-order valence-electron chi connectivity index (χ1n) is 8.77. The Morgan fingerprint density at radius 2 is 1.64 bits per heavy atom. The van der Waals surface area contributed by atoms with Crippen molar-refractivity contribution in [3.05, 3.63) is 66.5 Å². The standard InChI is InChI=1S/C21H22N2O4S/c1-15-9-11-17(12-10-15)28(25,26)23(20(24)27-21(2,3)4)19-14-22-13-16-7-5-6-8-18(16)19/h5-14H,1-4H3. The zero-order chi connectivity index (χ0) is 20.5. The molecule has 1 aromatic heterocycles. The number of nitrogens with zero attached hydrogens (tertiary/aromatic N) is 2. The van der Waals surface area contributed by atoms with Gasteiger partial charge in [-0.05, 0) is 39.8 Å². The minimum absolute atomic E-state index is 0.00288. The van der Waals surface area contributed by atoms with Gasteiger partial charge in [-0.3, -0.25) is 4.98 Å². The van der Waals surface area contributed by atoms with Gasteiger partial charge in [0.1, 0.15) is 5.60 Å². The second-order valence-electron chi connectivity index (χ2n) is 7.44. The quantitative estimate of drug-likeness (QED) is 0.640. The van der Waals surface area contributed by atoms with Crippen LogP contribution in [0.25, 0.3) is 10.8 Å². The highest BCUT2D eigenvalue weighted by Gasteiger charge is 2.35. The molecule has 146 valence electrons. The van der Waals surface area contributed by atoms with Gasteiger partial charge in [-0.15, -0.1) is 0 Å². The fourth-order valence-corrected chi connectivity index (χ4v) is 4.04. The fourth-order valence-electron chi connectivity index (χ4n) is 2.71. The number of carbonyl (C=O) groups excluding carboxylic acids is 1. The van der Waals surface area contributed by atoms with Gasteiger partial charge in [-0.1, -0.05) is 42.0 Å². The van der Waals surface area contributed by atoms with Gasteiger partial charge >= 0.3 is 6.09 Å². The van der Waals surface area contributed by atoms with Crippen LogP contribution in [0.3, 0.4) is 0 Å². The molecule has 0 saturated carbocycles. The Labute approximate surface area is 164 Å². The summed E-state index contributed by atoms with van der Waals surface area (Å²) >= 11 is 0. The van der Waals surface area contributed by atoms with E-state index >= 15 is 0 Å². The maximum atomic E-state index is 13.4. The van der Waals surface area contributed by atoms with Crippen LogP contribution in [-0.4, -0.2) is 25.1 Å². The maximum absolute atomic E-state index is 13.4. The molecule has 0 fully saturated rings. The lowest BCUT2D eigenvalue weighted by Crippen LogP contribution is -2.41. The Bertz CT molecular complexity index is 1110. The summed E-state index contributed by atoms with van der Waals surface area (Å²) < 4.78 is 32.9. The summed E-state index contributed by atoms with van der Waals surface area (Å²) in [6.07, 6.45) is 1.99. The second kappa shape index (κ2) is 7.24. The summed E-state index contributed by atoms with van der Waals surface area (Å²) in [6, 6.07) is 13.5. The predicted octanol–water partition coefficient (Wildman–Crippen LogP) is 4.67. The van der Waals surface area contributed by atoms with Crippen molar-refractivity contribution in [2.45, 2.75) is 38.2 Å². The SMILES string of the molecule is Cc1ccc(S(=O)(=O)N(C(=O)OC(C)(C)C)c2cncc3ccccc23)cc1. The minimum atomic E-state index is -4.22. The molecule has 1 heterocycles. The molecule has 3 rings (SSSR count). The van der Waals surface area contributed by atoms with Crippen molar-refractivity contribution < 1.29 is 17.9 Å². The molecule has 6 nitrogen and oxygen atoms in total. The monoisotopic (exact) mass is 398 g/mol. The lowest BCUT2D eigenvalue weighted by molar-refractivity contribution is 0.0609. The number of amides is 1. The van der Waals surface area contributed by atoms with E-state index in [9.17, 15) is 13.2 Å². The van der Waals surface area contributed by atoms with Gasteiger partial charge in [0.15, 0.2) is 0 Å². The van der Waals surface area contributed by atoms with Crippen molar-refractivity contribution in [2.75, 3.05) is 4.31 Å². The number of hydrogen-bond acceptors (Lipinski definition) is 5. The number of rotatable bonds is 3. The number of aromatic nitrogens is 1. The van der Waals surface area contributed by atoms with Crippen LogP contribution in [0.4, 0.5) is 10.5 Å². The van der Waals surface area contributed by atoms with Crippen molar-refractivity contribution in [2.24, 2.45) is 0 Å². The number of hydrogen-bond donors (Lipinski definition) is 0. The van der Waals surface area contributed by atoms with Crippen LogP contribution < -0.4 is 4.31 Å². The summed E-state index contributed by atoms with van der Waals surface area (Å²) in [4.78, 5) is 17.1. The molecule has 0 spiro atoms. The summed E-state index contributed by atoms with van der Waals surface area (Å²) in [6.45, 7) is 6.91. The van der Waals surface area contributed by atoms with E-state index in [1.165, 1.54) is 18.3 Å². The number of anilines is 1. The number of sulfonamides is 1. The average Bonchev–Trinajstić information content (AvgIpc) is 2.61. The third kappa shape index (κ3) is 3.99. The smallest absolute Gasteiger partial charge is 0.429 e. The van der Waals surface area contributed by atoms with E-state index in [4.69, 9.17) is 4.74 Å². The lowest BCUT2D eigenvalue weighted by Gasteiger charge is -2.27. The largest absolute Gasteiger partial charge is 0.443 e. The number of carbonyl (C=O) groups is 1. The van der Waals surface area contributed by atoms with Gasteiger partial charge in [-0.25, -0.2) is 13.2 Å². The fraction of sp³-hybridized carbons (Fsp3) is 0.238. The first kappa shape index (κ1) is 19.8. The van der Waals surface area contributed by atoms with Crippen LogP contribution in [0.2, 0.25) is 0 Å². The predicted molar refractivity (Wildman–Crippen MR) is 109 cm³/mol. The van der Waals surface area contributed by atoms with E-state index in [1.807, 2.05) is 13.0 Å². The molecule has 0 bridgehead atoms. The summed E-state index contributed by atoms with van der Waals surface area (Å²) in [5, 5.41) is 1.30. The number of ether oxygens (including phenoxy) is 1. The molecular formula is C21H22N2O4S. The molecule has 1 amide bonds. The van der Waals surface area contributed by atoms with E-state index in [1.54, 1.807) is 57.3 Å². The van der Waals surface area contributed by atoms with Gasteiger partial charge in [0, 0.05) is 17.0 Å². The highest BCUT2D eigenvalue weighted by Crippen LogP contribution is 2.31. The zero-order valence-corrected chi connectivity index (χ0v) is 17.0. The molecule has 2 aromatic carbocycles. The number of fused-ring (bicyclic) bond motifs is 1. The van der Waals surface area contributed by atoms with Crippen molar-refractivity contribution in [1.82, 2.24) is 4.98 Å². The number of pyridine rings is 1. The average molecular weight is 398 g/mol. The highest BCUT2D eigenvalue weighted by atomic mass is 32.2. The first-order chi connectivity index (χ1) is 13.1. The van der Waals surface area contributed by atoms with E-state index < -0.39 is 21.7 Å².